The normalized spacial score (nSPS) is 14.0. The Morgan fingerprint density at radius 3 is 2.52 bits per heavy atom. The third-order valence-electron chi connectivity index (χ3n) is 2.86. The standard InChI is InChI=1S/C13H23N3O4S/c1-10(14)9-20-11-7-12(17)16(15-8-11)5-6-21(18,19)13(2,3)4/h7-8,10H,5-6,9,14H2,1-4H3. The summed E-state index contributed by atoms with van der Waals surface area (Å²) in [6.07, 6.45) is 1.38. The van der Waals surface area contributed by atoms with Gasteiger partial charge in [0, 0.05) is 12.1 Å². The molecule has 0 aliphatic carbocycles. The first-order valence-electron chi connectivity index (χ1n) is 6.71. The summed E-state index contributed by atoms with van der Waals surface area (Å²) in [5.74, 6) is 0.191. The van der Waals surface area contributed by atoms with Gasteiger partial charge in [-0.2, -0.15) is 5.10 Å². The number of rotatable bonds is 6. The highest BCUT2D eigenvalue weighted by atomic mass is 32.2. The molecule has 8 heteroatoms. The fourth-order valence-corrected chi connectivity index (χ4v) is 2.43. The van der Waals surface area contributed by atoms with Crippen LogP contribution in [-0.2, 0) is 16.4 Å². The van der Waals surface area contributed by atoms with E-state index in [0.29, 0.717) is 5.75 Å². The summed E-state index contributed by atoms with van der Waals surface area (Å²) in [6.45, 7) is 6.97. The predicted octanol–water partition coefficient (Wildman–Crippen LogP) is 0.183. The van der Waals surface area contributed by atoms with Gasteiger partial charge >= 0.3 is 0 Å². The van der Waals surface area contributed by atoms with Gasteiger partial charge in [-0.1, -0.05) is 0 Å². The molecule has 120 valence electrons. The smallest absolute Gasteiger partial charge is 0.270 e. The van der Waals surface area contributed by atoms with Gasteiger partial charge in [0.2, 0.25) is 0 Å². The van der Waals surface area contributed by atoms with Gasteiger partial charge in [-0.05, 0) is 27.7 Å². The van der Waals surface area contributed by atoms with Gasteiger partial charge in [0.15, 0.2) is 9.84 Å². The molecule has 2 N–H and O–H groups in total. The van der Waals surface area contributed by atoms with Gasteiger partial charge in [0.1, 0.15) is 12.4 Å². The lowest BCUT2D eigenvalue weighted by Crippen LogP contribution is -2.34. The Kier molecular flexibility index (Phi) is 5.52. The molecule has 0 saturated heterocycles. The molecule has 0 radical (unpaired) electrons. The van der Waals surface area contributed by atoms with Gasteiger partial charge in [-0.3, -0.25) is 4.79 Å². The number of nitrogens with two attached hydrogens (primary N) is 1. The minimum absolute atomic E-state index is 0.0198. The lowest BCUT2D eigenvalue weighted by Gasteiger charge is -2.19. The molecule has 1 unspecified atom stereocenters. The van der Waals surface area contributed by atoms with Crippen molar-refractivity contribution in [2.75, 3.05) is 12.4 Å². The van der Waals surface area contributed by atoms with Crippen molar-refractivity contribution in [2.45, 2.75) is 45.0 Å². The number of sulfone groups is 1. The van der Waals surface area contributed by atoms with E-state index in [1.165, 1.54) is 12.3 Å². The van der Waals surface area contributed by atoms with Gasteiger partial charge < -0.3 is 10.5 Å². The topological polar surface area (TPSA) is 104 Å². The molecule has 0 saturated carbocycles. The molecule has 21 heavy (non-hydrogen) atoms. The van der Waals surface area contributed by atoms with E-state index >= 15 is 0 Å². The number of hydrogen-bond acceptors (Lipinski definition) is 6. The summed E-state index contributed by atoms with van der Waals surface area (Å²) >= 11 is 0. The second-order valence-electron chi connectivity index (χ2n) is 5.97. The van der Waals surface area contributed by atoms with E-state index < -0.39 is 20.1 Å². The molecule has 7 nitrogen and oxygen atoms in total. The Balaban J connectivity index is 2.76. The van der Waals surface area contributed by atoms with Crippen molar-refractivity contribution in [2.24, 2.45) is 5.73 Å². The fraction of sp³-hybridized carbons (Fsp3) is 0.692. The lowest BCUT2D eigenvalue weighted by molar-refractivity contribution is 0.293. The summed E-state index contributed by atoms with van der Waals surface area (Å²) < 4.78 is 29.5. The first-order valence-corrected chi connectivity index (χ1v) is 8.36. The van der Waals surface area contributed by atoms with Crippen LogP contribution >= 0.6 is 0 Å². The first kappa shape index (κ1) is 17.6. The zero-order valence-electron chi connectivity index (χ0n) is 12.9. The van der Waals surface area contributed by atoms with E-state index in [2.05, 4.69) is 5.10 Å². The molecule has 1 aromatic heterocycles. The molecule has 0 aliphatic rings. The zero-order chi connectivity index (χ0) is 16.3. The van der Waals surface area contributed by atoms with Gasteiger partial charge in [0.25, 0.3) is 5.56 Å². The molecule has 0 amide bonds. The SMILES string of the molecule is CC(N)COc1cnn(CCS(=O)(=O)C(C)(C)C)c(=O)c1. The molecule has 0 bridgehead atoms. The van der Waals surface area contributed by atoms with Crippen molar-refractivity contribution >= 4 is 9.84 Å². The van der Waals surface area contributed by atoms with Crippen LogP contribution < -0.4 is 16.0 Å². The Morgan fingerprint density at radius 2 is 2.05 bits per heavy atom. The van der Waals surface area contributed by atoms with Crippen molar-refractivity contribution in [3.05, 3.63) is 22.6 Å². The highest BCUT2D eigenvalue weighted by Gasteiger charge is 2.28. The highest BCUT2D eigenvalue weighted by Crippen LogP contribution is 2.15. The predicted molar refractivity (Wildman–Crippen MR) is 81.2 cm³/mol. The maximum absolute atomic E-state index is 12.0. The third-order valence-corrected chi connectivity index (χ3v) is 5.45. The second kappa shape index (κ2) is 6.57. The molecule has 0 aliphatic heterocycles. The van der Waals surface area contributed by atoms with Gasteiger partial charge in [-0.25, -0.2) is 13.1 Å². The van der Waals surface area contributed by atoms with Crippen LogP contribution in [0.5, 0.6) is 5.75 Å². The van der Waals surface area contributed by atoms with E-state index in [9.17, 15) is 13.2 Å². The molecule has 1 atom stereocenters. The quantitative estimate of drug-likeness (QED) is 0.802. The molecule has 1 aromatic rings. The van der Waals surface area contributed by atoms with Crippen molar-refractivity contribution in [1.82, 2.24) is 9.78 Å². The van der Waals surface area contributed by atoms with Crippen LogP contribution in [0, 0.1) is 0 Å². The third kappa shape index (κ3) is 5.13. The fourth-order valence-electron chi connectivity index (χ4n) is 1.40. The van der Waals surface area contributed by atoms with Crippen LogP contribution in [0.4, 0.5) is 0 Å². The average molecular weight is 317 g/mol. The van der Waals surface area contributed by atoms with Gasteiger partial charge in [-0.15, -0.1) is 0 Å². The summed E-state index contributed by atoms with van der Waals surface area (Å²) in [6, 6.07) is 1.13. The minimum atomic E-state index is -3.29. The zero-order valence-corrected chi connectivity index (χ0v) is 13.7. The van der Waals surface area contributed by atoms with Crippen molar-refractivity contribution in [1.29, 1.82) is 0 Å². The number of aromatic nitrogens is 2. The second-order valence-corrected chi connectivity index (χ2v) is 8.83. The average Bonchev–Trinajstić information content (AvgIpc) is 2.33. The van der Waals surface area contributed by atoms with E-state index in [-0.39, 0.29) is 24.9 Å². The number of hydrogen-bond donors (Lipinski definition) is 1. The summed E-state index contributed by atoms with van der Waals surface area (Å²) in [5.41, 5.74) is 5.15. The Hall–Kier alpha value is -1.41. The lowest BCUT2D eigenvalue weighted by atomic mass is 10.3. The van der Waals surface area contributed by atoms with Gasteiger partial charge in [0.05, 0.1) is 23.2 Å². The molecular weight excluding hydrogens is 294 g/mol. The molecule has 1 heterocycles. The summed E-state index contributed by atoms with van der Waals surface area (Å²) in [4.78, 5) is 11.8. The van der Waals surface area contributed by atoms with Crippen LogP contribution in [0.15, 0.2) is 17.1 Å². The van der Waals surface area contributed by atoms with Crippen LogP contribution in [0.25, 0.3) is 0 Å². The van der Waals surface area contributed by atoms with E-state index in [4.69, 9.17) is 10.5 Å². The van der Waals surface area contributed by atoms with Crippen LogP contribution in [-0.4, -0.2) is 41.3 Å². The number of ether oxygens (including phenoxy) is 1. The maximum atomic E-state index is 12.0. The Labute approximate surface area is 125 Å². The van der Waals surface area contributed by atoms with Crippen LogP contribution in [0.1, 0.15) is 27.7 Å². The van der Waals surface area contributed by atoms with Crippen LogP contribution in [0.3, 0.4) is 0 Å². The van der Waals surface area contributed by atoms with Crippen molar-refractivity contribution < 1.29 is 13.2 Å². The number of aryl methyl sites for hydroxylation is 1. The first-order chi connectivity index (χ1) is 9.53. The van der Waals surface area contributed by atoms with E-state index in [1.54, 1.807) is 27.7 Å². The van der Waals surface area contributed by atoms with Crippen molar-refractivity contribution in [3.8, 4) is 5.75 Å². The Morgan fingerprint density at radius 1 is 1.43 bits per heavy atom. The molecular formula is C13H23N3O4S. The summed E-state index contributed by atoms with van der Waals surface area (Å²) in [7, 11) is -3.29. The molecule has 0 fully saturated rings. The minimum Gasteiger partial charge on any atom is -0.490 e. The van der Waals surface area contributed by atoms with Crippen LogP contribution in [0.2, 0.25) is 0 Å². The monoisotopic (exact) mass is 317 g/mol. The molecule has 0 aromatic carbocycles. The van der Waals surface area contributed by atoms with Crippen molar-refractivity contribution in [3.63, 3.8) is 0 Å². The van der Waals surface area contributed by atoms with E-state index in [0.717, 1.165) is 4.68 Å². The largest absolute Gasteiger partial charge is 0.490 e. The molecule has 0 spiro atoms. The number of nitrogens with zero attached hydrogens (tertiary/aromatic N) is 2. The maximum Gasteiger partial charge on any atom is 0.270 e. The van der Waals surface area contributed by atoms with E-state index in [1.807, 2.05) is 0 Å². The highest BCUT2D eigenvalue weighted by molar-refractivity contribution is 7.92. The molecule has 1 rings (SSSR count). The summed E-state index contributed by atoms with van der Waals surface area (Å²) in [5, 5.41) is 3.92. The Bertz CT molecular complexity index is 630.